The van der Waals surface area contributed by atoms with Gasteiger partial charge in [-0.05, 0) is 48.7 Å². The zero-order chi connectivity index (χ0) is 17.1. The average molecular weight is 367 g/mol. The topological polar surface area (TPSA) is 75.4 Å². The van der Waals surface area contributed by atoms with Gasteiger partial charge in [-0.15, -0.1) is 0 Å². The van der Waals surface area contributed by atoms with Crippen molar-refractivity contribution in [3.8, 4) is 0 Å². The molecule has 0 aliphatic carbocycles. The van der Waals surface area contributed by atoms with Gasteiger partial charge in [-0.2, -0.15) is 8.94 Å². The van der Waals surface area contributed by atoms with Crippen molar-refractivity contribution in [2.24, 2.45) is 0 Å². The van der Waals surface area contributed by atoms with Gasteiger partial charge in [0.05, 0.1) is 12.1 Å². The van der Waals surface area contributed by atoms with Gasteiger partial charge in [0.15, 0.2) is 5.03 Å². The Morgan fingerprint density at radius 3 is 2.05 bits per heavy atom. The molecule has 0 saturated carbocycles. The SMILES string of the molecule is CC(C)PN(PC(C)C)S(=O)(=O)c1ccn(C(C)C(C)O)n1. The molecule has 0 aromatic carbocycles. The van der Waals surface area contributed by atoms with Gasteiger partial charge in [0.1, 0.15) is 0 Å². The highest BCUT2D eigenvalue weighted by molar-refractivity contribution is 7.97. The van der Waals surface area contributed by atoms with Crippen molar-refractivity contribution < 1.29 is 13.5 Å². The van der Waals surface area contributed by atoms with Crippen molar-refractivity contribution >= 4 is 27.5 Å². The molecule has 1 rings (SSSR count). The average Bonchev–Trinajstić information content (AvgIpc) is 2.85. The van der Waals surface area contributed by atoms with E-state index in [4.69, 9.17) is 0 Å². The van der Waals surface area contributed by atoms with E-state index in [9.17, 15) is 13.5 Å². The van der Waals surface area contributed by atoms with Crippen LogP contribution in [-0.4, -0.2) is 44.6 Å². The molecule has 0 spiro atoms. The van der Waals surface area contributed by atoms with Gasteiger partial charge in [0.25, 0.3) is 10.0 Å². The lowest BCUT2D eigenvalue weighted by molar-refractivity contribution is 0.131. The molecule has 0 aliphatic rings. The van der Waals surface area contributed by atoms with E-state index in [0.717, 1.165) is 0 Å². The lowest BCUT2D eigenvalue weighted by atomic mass is 10.2. The van der Waals surface area contributed by atoms with Crippen LogP contribution in [-0.2, 0) is 10.0 Å². The van der Waals surface area contributed by atoms with Crippen LogP contribution >= 0.6 is 17.5 Å². The van der Waals surface area contributed by atoms with Crippen LogP contribution in [0.15, 0.2) is 17.3 Å². The molecule has 0 radical (unpaired) electrons. The maximum absolute atomic E-state index is 12.8. The van der Waals surface area contributed by atoms with Crippen molar-refractivity contribution in [3.63, 3.8) is 0 Å². The lowest BCUT2D eigenvalue weighted by Gasteiger charge is -2.24. The molecule has 0 fully saturated rings. The van der Waals surface area contributed by atoms with Gasteiger partial charge >= 0.3 is 0 Å². The first-order valence-electron chi connectivity index (χ1n) is 7.36. The second-order valence-corrected chi connectivity index (χ2v) is 12.5. The molecule has 0 amide bonds. The Labute approximate surface area is 137 Å². The molecular weight excluding hydrogens is 340 g/mol. The molecule has 4 unspecified atom stereocenters. The van der Waals surface area contributed by atoms with Crippen LogP contribution in [0.4, 0.5) is 0 Å². The van der Waals surface area contributed by atoms with E-state index in [2.05, 4.69) is 5.10 Å². The molecule has 0 aliphatic heterocycles. The normalized spacial score (nSPS) is 16.8. The Morgan fingerprint density at radius 2 is 1.64 bits per heavy atom. The Bertz CT molecular complexity index is 563. The van der Waals surface area contributed by atoms with Crippen molar-refractivity contribution in [3.05, 3.63) is 12.3 Å². The Hall–Kier alpha value is -0.0600. The minimum absolute atomic E-state index is 0.0568. The van der Waals surface area contributed by atoms with E-state index in [1.807, 2.05) is 27.7 Å². The third-order valence-corrected chi connectivity index (χ3v) is 8.53. The predicted molar refractivity (Wildman–Crippen MR) is 94.5 cm³/mol. The van der Waals surface area contributed by atoms with E-state index in [0.29, 0.717) is 0 Å². The van der Waals surface area contributed by atoms with Gasteiger partial charge in [-0.3, -0.25) is 4.68 Å². The van der Waals surface area contributed by atoms with Crippen LogP contribution in [0.3, 0.4) is 0 Å². The first-order valence-corrected chi connectivity index (χ1v) is 10.9. The molecule has 1 aromatic rings. The molecule has 0 bridgehead atoms. The molecule has 22 heavy (non-hydrogen) atoms. The number of rotatable bonds is 8. The van der Waals surface area contributed by atoms with Crippen molar-refractivity contribution in [1.82, 2.24) is 13.6 Å². The Balaban J connectivity index is 3.09. The van der Waals surface area contributed by atoms with Crippen LogP contribution in [0.1, 0.15) is 47.6 Å². The molecule has 1 N–H and O–H groups in total. The van der Waals surface area contributed by atoms with E-state index in [1.165, 1.54) is 10.7 Å². The minimum atomic E-state index is -3.59. The molecular formula is C13H27N3O3P2S. The van der Waals surface area contributed by atoms with E-state index in [1.54, 1.807) is 23.9 Å². The van der Waals surface area contributed by atoms with Crippen molar-refractivity contribution in [1.29, 1.82) is 0 Å². The Kier molecular flexibility index (Phi) is 7.41. The fraction of sp³-hybridized carbons (Fsp3) is 0.769. The lowest BCUT2D eigenvalue weighted by Crippen LogP contribution is -2.22. The molecule has 4 atom stereocenters. The quantitative estimate of drug-likeness (QED) is 0.717. The largest absolute Gasteiger partial charge is 0.391 e. The number of hydrogen-bond acceptors (Lipinski definition) is 4. The van der Waals surface area contributed by atoms with E-state index < -0.39 is 16.1 Å². The van der Waals surface area contributed by atoms with Crippen LogP contribution in [0.25, 0.3) is 0 Å². The van der Waals surface area contributed by atoms with Gasteiger partial charge in [0.2, 0.25) is 0 Å². The molecule has 1 aromatic heterocycles. The number of sulfonamides is 1. The summed E-state index contributed by atoms with van der Waals surface area (Å²) in [6.45, 7) is 11.5. The van der Waals surface area contributed by atoms with Crippen LogP contribution in [0.5, 0.6) is 0 Å². The van der Waals surface area contributed by atoms with Crippen molar-refractivity contribution in [2.45, 2.75) is 70.0 Å². The van der Waals surface area contributed by atoms with Gasteiger partial charge < -0.3 is 5.11 Å². The maximum atomic E-state index is 12.8. The summed E-state index contributed by atoms with van der Waals surface area (Å²) < 4.78 is 28.7. The molecule has 128 valence electrons. The first-order chi connectivity index (χ1) is 10.1. The fourth-order valence-electron chi connectivity index (χ4n) is 1.64. The number of aliphatic hydroxyl groups excluding tert-OH is 1. The summed E-state index contributed by atoms with van der Waals surface area (Å²) in [5, 5.41) is 13.8. The summed E-state index contributed by atoms with van der Waals surface area (Å²) in [6.07, 6.45) is 1.01. The smallest absolute Gasteiger partial charge is 0.268 e. The van der Waals surface area contributed by atoms with Crippen molar-refractivity contribution in [2.75, 3.05) is 0 Å². The van der Waals surface area contributed by atoms with Gasteiger partial charge in [0, 0.05) is 6.20 Å². The number of nitrogens with zero attached hydrogens (tertiary/aromatic N) is 3. The van der Waals surface area contributed by atoms with Gasteiger partial charge in [-0.1, -0.05) is 27.7 Å². The highest BCUT2D eigenvalue weighted by atomic mass is 32.2. The number of aliphatic hydroxyl groups is 1. The van der Waals surface area contributed by atoms with Crippen LogP contribution in [0.2, 0.25) is 0 Å². The number of aromatic nitrogens is 2. The third kappa shape index (κ3) is 5.24. The Morgan fingerprint density at radius 1 is 1.14 bits per heavy atom. The number of hydrogen-bond donors (Lipinski definition) is 1. The zero-order valence-corrected chi connectivity index (χ0v) is 16.8. The highest BCUT2D eigenvalue weighted by Gasteiger charge is 2.29. The molecule has 0 saturated heterocycles. The van der Waals surface area contributed by atoms with Crippen LogP contribution < -0.4 is 0 Å². The van der Waals surface area contributed by atoms with Gasteiger partial charge in [-0.25, -0.2) is 8.42 Å². The first kappa shape index (κ1) is 20.0. The standard InChI is InChI=1S/C13H27N3O3P2S/c1-9(2)20-16(21-10(3)4)22(18,19)13-7-8-15(14-13)11(5)12(6)17/h7-12,17,20-21H,1-6H3. The second-order valence-electron chi connectivity index (χ2n) is 5.95. The third-order valence-electron chi connectivity index (χ3n) is 2.95. The molecule has 9 heteroatoms. The summed E-state index contributed by atoms with van der Waals surface area (Å²) in [5.41, 5.74) is 0.555. The molecule has 6 nitrogen and oxygen atoms in total. The van der Waals surface area contributed by atoms with E-state index >= 15 is 0 Å². The summed E-state index contributed by atoms with van der Waals surface area (Å²) in [6, 6.07) is 1.24. The van der Waals surface area contributed by atoms with Crippen LogP contribution in [0, 0.1) is 0 Å². The summed E-state index contributed by atoms with van der Waals surface area (Å²) in [4.78, 5) is 0. The summed E-state index contributed by atoms with van der Waals surface area (Å²) in [7, 11) is -3.17. The second kappa shape index (κ2) is 8.16. The maximum Gasteiger partial charge on any atom is 0.268 e. The summed E-state index contributed by atoms with van der Waals surface area (Å²) >= 11 is 0. The van der Waals surface area contributed by atoms with E-state index in [-0.39, 0.29) is 39.8 Å². The zero-order valence-electron chi connectivity index (χ0n) is 14.0. The summed E-state index contributed by atoms with van der Waals surface area (Å²) in [5.74, 6) is 0. The fourth-order valence-corrected chi connectivity index (χ4v) is 7.98. The molecule has 1 heterocycles. The highest BCUT2D eigenvalue weighted by Crippen LogP contribution is 2.43. The monoisotopic (exact) mass is 367 g/mol. The minimum Gasteiger partial charge on any atom is -0.391 e. The predicted octanol–water partition coefficient (Wildman–Crippen LogP) is 2.82.